The van der Waals surface area contributed by atoms with Crippen LogP contribution in [0.3, 0.4) is 0 Å². The highest BCUT2D eigenvalue weighted by molar-refractivity contribution is 6.01. The third-order valence-electron chi connectivity index (χ3n) is 3.52. The van der Waals surface area contributed by atoms with Crippen LogP contribution in [0.25, 0.3) is 6.08 Å². The number of rotatable bonds is 6. The van der Waals surface area contributed by atoms with E-state index in [9.17, 15) is 9.70 Å². The second kappa shape index (κ2) is 8.06. The number of hydrogen-bond donors (Lipinski definition) is 1. The Hall–Kier alpha value is -2.95. The first kappa shape index (κ1) is 17.4. The van der Waals surface area contributed by atoms with Gasteiger partial charge < -0.3 is 5.32 Å². The SMILES string of the molecule is CO[N+](=O)c1cccc(/C=C/C(=O)Nc2ccc(C(C)C)cc2)c1. The van der Waals surface area contributed by atoms with Gasteiger partial charge in [0.05, 0.1) is 4.91 Å². The van der Waals surface area contributed by atoms with E-state index in [2.05, 4.69) is 24.0 Å². The van der Waals surface area contributed by atoms with Crippen LogP contribution in [0.5, 0.6) is 0 Å². The summed E-state index contributed by atoms with van der Waals surface area (Å²) in [6, 6.07) is 14.6. The molecule has 2 aromatic carbocycles. The fourth-order valence-corrected chi connectivity index (χ4v) is 2.15. The number of benzene rings is 2. The number of anilines is 1. The monoisotopic (exact) mass is 325 g/mol. The highest BCUT2D eigenvalue weighted by Crippen LogP contribution is 2.17. The molecular weight excluding hydrogens is 304 g/mol. The molecule has 2 rings (SSSR count). The van der Waals surface area contributed by atoms with Crippen molar-refractivity contribution < 1.29 is 14.6 Å². The standard InChI is InChI=1S/C19H20N2O3/c1-14(2)16-8-10-17(11-9-16)20-19(22)12-7-15-5-4-6-18(13-15)21(23)24-3/h4-14H,1-3H3/p+1/b12-7+. The second-order valence-corrected chi connectivity index (χ2v) is 5.63. The molecule has 0 saturated carbocycles. The van der Waals surface area contributed by atoms with Crippen LogP contribution in [-0.4, -0.2) is 17.9 Å². The van der Waals surface area contributed by atoms with Crippen LogP contribution in [0.2, 0.25) is 0 Å². The van der Waals surface area contributed by atoms with Gasteiger partial charge >= 0.3 is 5.69 Å². The zero-order valence-corrected chi connectivity index (χ0v) is 14.0. The fraction of sp³-hybridized carbons (Fsp3) is 0.211. The minimum Gasteiger partial charge on any atom is -0.323 e. The Morgan fingerprint density at radius 3 is 2.50 bits per heavy atom. The lowest BCUT2D eigenvalue weighted by Crippen LogP contribution is -2.07. The van der Waals surface area contributed by atoms with E-state index >= 15 is 0 Å². The fourth-order valence-electron chi connectivity index (χ4n) is 2.15. The predicted octanol–water partition coefficient (Wildman–Crippen LogP) is 4.43. The second-order valence-electron chi connectivity index (χ2n) is 5.63. The van der Waals surface area contributed by atoms with Crippen molar-refractivity contribution in [3.63, 3.8) is 0 Å². The summed E-state index contributed by atoms with van der Waals surface area (Å²) in [5, 5.41) is 2.80. The normalized spacial score (nSPS) is 10.8. The van der Waals surface area contributed by atoms with Crippen molar-refractivity contribution in [3.8, 4) is 0 Å². The first-order valence-corrected chi connectivity index (χ1v) is 7.70. The van der Waals surface area contributed by atoms with Crippen LogP contribution in [0.1, 0.15) is 30.9 Å². The predicted molar refractivity (Wildman–Crippen MR) is 94.9 cm³/mol. The Kier molecular flexibility index (Phi) is 5.84. The van der Waals surface area contributed by atoms with Gasteiger partial charge in [-0.15, -0.1) is 0 Å². The lowest BCUT2D eigenvalue weighted by Gasteiger charge is -2.07. The molecular formula is C19H21N2O3+. The summed E-state index contributed by atoms with van der Waals surface area (Å²) in [5.74, 6) is 0.220. The van der Waals surface area contributed by atoms with Crippen LogP contribution >= 0.6 is 0 Å². The topological polar surface area (TPSA) is 58.4 Å². The number of carbonyl (C=O) groups is 1. The number of hydrogen-bond acceptors (Lipinski definition) is 3. The molecule has 5 nitrogen and oxygen atoms in total. The van der Waals surface area contributed by atoms with Gasteiger partial charge in [-0.3, -0.25) is 4.79 Å². The zero-order valence-electron chi connectivity index (χ0n) is 14.0. The number of amides is 1. The highest BCUT2D eigenvalue weighted by atomic mass is 16.8. The molecule has 0 aliphatic rings. The summed E-state index contributed by atoms with van der Waals surface area (Å²) >= 11 is 0. The van der Waals surface area contributed by atoms with Crippen LogP contribution in [0.15, 0.2) is 54.6 Å². The van der Waals surface area contributed by atoms with Gasteiger partial charge in [-0.25, -0.2) is 4.84 Å². The summed E-state index contributed by atoms with van der Waals surface area (Å²) in [6.45, 7) is 4.24. The third kappa shape index (κ3) is 4.78. The molecule has 0 aliphatic heterocycles. The zero-order chi connectivity index (χ0) is 17.5. The summed E-state index contributed by atoms with van der Waals surface area (Å²) in [7, 11) is 1.30. The molecule has 0 spiro atoms. The molecule has 1 N–H and O–H groups in total. The number of nitrogens with one attached hydrogen (secondary N) is 1. The van der Waals surface area contributed by atoms with Gasteiger partial charge in [-0.2, -0.15) is 0 Å². The van der Waals surface area contributed by atoms with E-state index in [1.165, 1.54) is 18.7 Å². The van der Waals surface area contributed by atoms with Gasteiger partial charge in [0, 0.05) is 23.9 Å². The summed E-state index contributed by atoms with van der Waals surface area (Å²) in [5.41, 5.74) is 3.06. The Morgan fingerprint density at radius 1 is 1.17 bits per heavy atom. The highest BCUT2D eigenvalue weighted by Gasteiger charge is 2.13. The van der Waals surface area contributed by atoms with E-state index < -0.39 is 0 Å². The van der Waals surface area contributed by atoms with Gasteiger partial charge in [0.2, 0.25) is 5.91 Å². The molecule has 0 saturated heterocycles. The molecule has 1 amide bonds. The molecule has 0 aromatic heterocycles. The average Bonchev–Trinajstić information content (AvgIpc) is 2.60. The van der Waals surface area contributed by atoms with E-state index in [1.807, 2.05) is 24.3 Å². The lowest BCUT2D eigenvalue weighted by molar-refractivity contribution is -0.736. The van der Waals surface area contributed by atoms with E-state index in [1.54, 1.807) is 30.3 Å². The molecule has 0 bridgehead atoms. The Labute approximate surface area is 141 Å². The average molecular weight is 325 g/mol. The molecule has 0 aliphatic carbocycles. The van der Waals surface area contributed by atoms with Crippen molar-refractivity contribution >= 4 is 23.4 Å². The molecule has 0 atom stereocenters. The maximum absolute atomic E-state index is 12.0. The minimum atomic E-state index is -0.233. The summed E-state index contributed by atoms with van der Waals surface area (Å²) < 4.78 is 0. The van der Waals surface area contributed by atoms with Crippen molar-refractivity contribution in [2.75, 3.05) is 12.4 Å². The minimum absolute atomic E-state index is 0.233. The maximum atomic E-state index is 12.0. The van der Waals surface area contributed by atoms with E-state index in [0.717, 1.165) is 11.3 Å². The van der Waals surface area contributed by atoms with Gasteiger partial charge in [0.25, 0.3) is 4.92 Å². The van der Waals surface area contributed by atoms with E-state index in [0.29, 0.717) is 16.5 Å². The van der Waals surface area contributed by atoms with Crippen molar-refractivity contribution in [3.05, 3.63) is 70.6 Å². The molecule has 124 valence electrons. The largest absolute Gasteiger partial charge is 0.323 e. The van der Waals surface area contributed by atoms with Gasteiger partial charge in [-0.1, -0.05) is 38.1 Å². The first-order chi connectivity index (χ1) is 11.5. The Balaban J connectivity index is 2.01. The molecule has 5 heteroatoms. The molecule has 0 radical (unpaired) electrons. The molecule has 24 heavy (non-hydrogen) atoms. The Morgan fingerprint density at radius 2 is 1.88 bits per heavy atom. The molecule has 0 unspecified atom stereocenters. The summed E-state index contributed by atoms with van der Waals surface area (Å²) in [6.07, 6.45) is 3.07. The van der Waals surface area contributed by atoms with Crippen LogP contribution in [-0.2, 0) is 9.63 Å². The third-order valence-corrected chi connectivity index (χ3v) is 3.52. The van der Waals surface area contributed by atoms with Crippen molar-refractivity contribution in [2.24, 2.45) is 0 Å². The molecule has 0 fully saturated rings. The first-order valence-electron chi connectivity index (χ1n) is 7.70. The van der Waals surface area contributed by atoms with E-state index in [-0.39, 0.29) is 5.91 Å². The van der Waals surface area contributed by atoms with Gasteiger partial charge in [0.15, 0.2) is 7.11 Å². The van der Waals surface area contributed by atoms with Crippen molar-refractivity contribution in [1.82, 2.24) is 0 Å². The van der Waals surface area contributed by atoms with Crippen LogP contribution in [0.4, 0.5) is 11.4 Å². The van der Waals surface area contributed by atoms with Gasteiger partial charge in [0.1, 0.15) is 0 Å². The molecule has 2 aromatic rings. The van der Waals surface area contributed by atoms with Crippen molar-refractivity contribution in [2.45, 2.75) is 19.8 Å². The number of carbonyl (C=O) groups excluding carboxylic acids is 1. The summed E-state index contributed by atoms with van der Waals surface area (Å²) in [4.78, 5) is 28.4. The molecule has 0 heterocycles. The van der Waals surface area contributed by atoms with Crippen LogP contribution in [0, 0.1) is 4.91 Å². The number of nitrogens with zero attached hydrogens (tertiary/aromatic N) is 1. The van der Waals surface area contributed by atoms with Crippen LogP contribution < -0.4 is 5.32 Å². The van der Waals surface area contributed by atoms with Crippen molar-refractivity contribution in [1.29, 1.82) is 0 Å². The quantitative estimate of drug-likeness (QED) is 0.631. The Bertz CT molecular complexity index is 749. The van der Waals surface area contributed by atoms with Gasteiger partial charge in [-0.05, 0) is 35.3 Å². The van der Waals surface area contributed by atoms with E-state index in [4.69, 9.17) is 0 Å². The smallest absolute Gasteiger partial charge is 0.317 e. The lowest BCUT2D eigenvalue weighted by atomic mass is 10.0. The maximum Gasteiger partial charge on any atom is 0.317 e.